The number of aromatic nitrogens is 2. The molecule has 2 bridgehead atoms. The van der Waals surface area contributed by atoms with E-state index in [-0.39, 0.29) is 12.1 Å². The van der Waals surface area contributed by atoms with Gasteiger partial charge in [-0.1, -0.05) is 49.1 Å². The van der Waals surface area contributed by atoms with Crippen molar-refractivity contribution in [2.75, 3.05) is 0 Å². The summed E-state index contributed by atoms with van der Waals surface area (Å²) in [7, 11) is 0. The molecule has 0 spiro atoms. The second-order valence-corrected chi connectivity index (χ2v) is 8.95. The SMILES string of the molecule is CCC(C#Cc1ccccc1)N1[C@@H]2CC[C@H]1C[C@@H](n1c(=O)c(C(=O)O)nc3ccccc31)C2. The van der Waals surface area contributed by atoms with E-state index in [1.807, 2.05) is 48.5 Å². The van der Waals surface area contributed by atoms with Crippen LogP contribution in [0.1, 0.15) is 61.1 Å². The molecule has 4 atom stereocenters. The number of aromatic carboxylic acids is 1. The van der Waals surface area contributed by atoms with E-state index in [0.717, 1.165) is 37.7 Å². The third-order valence-electron chi connectivity index (χ3n) is 7.03. The van der Waals surface area contributed by atoms with Gasteiger partial charge in [0.2, 0.25) is 5.69 Å². The lowest BCUT2D eigenvalue weighted by Crippen LogP contribution is -2.49. The minimum Gasteiger partial charge on any atom is -0.476 e. The molecule has 2 aromatic carbocycles. The third kappa shape index (κ3) is 3.94. The average Bonchev–Trinajstić information content (AvgIpc) is 3.08. The zero-order valence-electron chi connectivity index (χ0n) is 18.6. The highest BCUT2D eigenvalue weighted by molar-refractivity contribution is 5.88. The fourth-order valence-electron chi connectivity index (χ4n) is 5.64. The smallest absolute Gasteiger partial charge is 0.360 e. The average molecular weight is 442 g/mol. The minimum absolute atomic E-state index is 0.0446. The normalized spacial score (nSPS) is 23.1. The molecule has 2 aliphatic rings. The standard InChI is InChI=1S/C27H27N3O3/c1-2-19(13-12-18-8-4-3-5-9-18)29-20-14-15-21(29)17-22(16-20)30-24-11-7-6-10-23(24)28-25(26(30)31)27(32)33/h3-11,19-22H,2,14-17H2,1H3,(H,32,33)/t19?,20-,21+,22+. The molecule has 6 nitrogen and oxygen atoms in total. The van der Waals surface area contributed by atoms with Gasteiger partial charge in [0.25, 0.3) is 5.56 Å². The second kappa shape index (κ2) is 8.84. The molecule has 6 heteroatoms. The number of benzene rings is 2. The summed E-state index contributed by atoms with van der Waals surface area (Å²) in [5.41, 5.74) is 1.37. The molecule has 1 aromatic heterocycles. The Kier molecular flexibility index (Phi) is 5.74. The van der Waals surface area contributed by atoms with E-state index >= 15 is 0 Å². The van der Waals surface area contributed by atoms with Crippen LogP contribution in [-0.4, -0.2) is 43.7 Å². The molecular formula is C27H27N3O3. The van der Waals surface area contributed by atoms with Crippen LogP contribution < -0.4 is 5.56 Å². The number of carboxylic acids is 1. The molecule has 3 heterocycles. The zero-order valence-corrected chi connectivity index (χ0v) is 18.6. The van der Waals surface area contributed by atoms with Gasteiger partial charge in [0.05, 0.1) is 17.1 Å². The van der Waals surface area contributed by atoms with Crippen molar-refractivity contribution in [2.24, 2.45) is 0 Å². The fourth-order valence-corrected chi connectivity index (χ4v) is 5.64. The number of hydrogen-bond donors (Lipinski definition) is 1. The lowest BCUT2D eigenvalue weighted by Gasteiger charge is -2.42. The van der Waals surface area contributed by atoms with Gasteiger partial charge in [0, 0.05) is 23.7 Å². The van der Waals surface area contributed by atoms with E-state index in [1.165, 1.54) is 0 Å². The summed E-state index contributed by atoms with van der Waals surface area (Å²) in [6.45, 7) is 2.18. The Bertz CT molecular complexity index is 1290. The summed E-state index contributed by atoms with van der Waals surface area (Å²) in [4.78, 5) is 31.6. The molecule has 0 saturated carbocycles. The summed E-state index contributed by atoms with van der Waals surface area (Å²) in [5.74, 6) is 5.56. The van der Waals surface area contributed by atoms with E-state index in [1.54, 1.807) is 10.6 Å². The molecule has 33 heavy (non-hydrogen) atoms. The summed E-state index contributed by atoms with van der Waals surface area (Å²) >= 11 is 0. The molecule has 168 valence electrons. The van der Waals surface area contributed by atoms with E-state index in [9.17, 15) is 14.7 Å². The molecule has 0 amide bonds. The van der Waals surface area contributed by atoms with Crippen molar-refractivity contribution >= 4 is 17.0 Å². The highest BCUT2D eigenvalue weighted by atomic mass is 16.4. The van der Waals surface area contributed by atoms with Crippen LogP contribution in [0.4, 0.5) is 0 Å². The number of fused-ring (bicyclic) bond motifs is 3. The van der Waals surface area contributed by atoms with Crippen molar-refractivity contribution in [3.8, 4) is 11.8 Å². The first-order valence-corrected chi connectivity index (χ1v) is 11.7. The predicted octanol–water partition coefficient (Wildman–Crippen LogP) is 4.09. The topological polar surface area (TPSA) is 75.4 Å². The van der Waals surface area contributed by atoms with Gasteiger partial charge in [-0.05, 0) is 56.4 Å². The maximum Gasteiger partial charge on any atom is 0.360 e. The Morgan fingerprint density at radius 1 is 1.06 bits per heavy atom. The van der Waals surface area contributed by atoms with E-state index in [0.29, 0.717) is 23.1 Å². The van der Waals surface area contributed by atoms with Gasteiger partial charge in [0.15, 0.2) is 0 Å². The molecule has 0 aliphatic carbocycles. The molecule has 3 aromatic rings. The maximum atomic E-state index is 13.2. The largest absolute Gasteiger partial charge is 0.476 e. The van der Waals surface area contributed by atoms with Gasteiger partial charge in [-0.25, -0.2) is 9.78 Å². The van der Waals surface area contributed by atoms with Crippen molar-refractivity contribution in [3.63, 3.8) is 0 Å². The number of hydrogen-bond acceptors (Lipinski definition) is 4. The summed E-state index contributed by atoms with van der Waals surface area (Å²) in [6.07, 6.45) is 4.72. The lowest BCUT2D eigenvalue weighted by molar-refractivity contribution is 0.0684. The highest BCUT2D eigenvalue weighted by Gasteiger charge is 2.44. The molecule has 0 radical (unpaired) electrons. The van der Waals surface area contributed by atoms with Crippen LogP contribution in [-0.2, 0) is 0 Å². The van der Waals surface area contributed by atoms with Crippen LogP contribution >= 0.6 is 0 Å². The monoisotopic (exact) mass is 441 g/mol. The second-order valence-electron chi connectivity index (χ2n) is 8.95. The molecule has 2 saturated heterocycles. The maximum absolute atomic E-state index is 13.2. The highest BCUT2D eigenvalue weighted by Crippen LogP contribution is 2.42. The van der Waals surface area contributed by atoms with Crippen molar-refractivity contribution in [1.29, 1.82) is 0 Å². The molecular weight excluding hydrogens is 414 g/mol. The number of nitrogens with zero attached hydrogens (tertiary/aromatic N) is 3. The van der Waals surface area contributed by atoms with Gasteiger partial charge >= 0.3 is 5.97 Å². The first-order valence-electron chi connectivity index (χ1n) is 11.7. The van der Waals surface area contributed by atoms with Crippen LogP contribution in [0.25, 0.3) is 11.0 Å². The molecule has 1 unspecified atom stereocenters. The van der Waals surface area contributed by atoms with Gasteiger partial charge in [-0.2, -0.15) is 0 Å². The van der Waals surface area contributed by atoms with E-state index < -0.39 is 17.2 Å². The Hall–Kier alpha value is -3.43. The van der Waals surface area contributed by atoms with Crippen LogP contribution in [0.5, 0.6) is 0 Å². The zero-order chi connectivity index (χ0) is 22.9. The first kappa shape index (κ1) is 21.4. The summed E-state index contributed by atoms with van der Waals surface area (Å²) in [6, 6.07) is 18.2. The number of carbonyl (C=O) groups is 1. The Morgan fingerprint density at radius 3 is 2.39 bits per heavy atom. The Labute approximate surface area is 192 Å². The quantitative estimate of drug-likeness (QED) is 0.617. The van der Waals surface area contributed by atoms with Crippen LogP contribution in [0.3, 0.4) is 0 Å². The van der Waals surface area contributed by atoms with Crippen molar-refractivity contribution in [2.45, 2.75) is 63.2 Å². The molecule has 1 N–H and O–H groups in total. The van der Waals surface area contributed by atoms with Crippen molar-refractivity contribution in [1.82, 2.24) is 14.5 Å². The number of carboxylic acid groups (broad SMARTS) is 1. The van der Waals surface area contributed by atoms with Gasteiger partial charge in [0.1, 0.15) is 0 Å². The Balaban J connectivity index is 1.47. The third-order valence-corrected chi connectivity index (χ3v) is 7.03. The van der Waals surface area contributed by atoms with Crippen LogP contribution in [0, 0.1) is 11.8 Å². The number of piperidine rings is 1. The Morgan fingerprint density at radius 2 is 1.73 bits per heavy atom. The summed E-state index contributed by atoms with van der Waals surface area (Å²) < 4.78 is 1.70. The van der Waals surface area contributed by atoms with Crippen molar-refractivity contribution < 1.29 is 9.90 Å². The minimum atomic E-state index is -1.28. The van der Waals surface area contributed by atoms with E-state index in [4.69, 9.17) is 0 Å². The molecule has 2 aliphatic heterocycles. The van der Waals surface area contributed by atoms with Crippen LogP contribution in [0.15, 0.2) is 59.4 Å². The fraction of sp³-hybridized carbons (Fsp3) is 0.370. The van der Waals surface area contributed by atoms with Gasteiger partial charge in [-0.15, -0.1) is 0 Å². The van der Waals surface area contributed by atoms with Gasteiger partial charge < -0.3 is 9.67 Å². The van der Waals surface area contributed by atoms with Crippen molar-refractivity contribution in [3.05, 3.63) is 76.2 Å². The van der Waals surface area contributed by atoms with E-state index in [2.05, 4.69) is 28.6 Å². The predicted molar refractivity (Wildman–Crippen MR) is 127 cm³/mol. The lowest BCUT2D eigenvalue weighted by atomic mass is 9.94. The first-order chi connectivity index (χ1) is 16.1. The molecule has 2 fully saturated rings. The van der Waals surface area contributed by atoms with Gasteiger partial charge in [-0.3, -0.25) is 9.69 Å². The summed E-state index contributed by atoms with van der Waals surface area (Å²) in [5, 5.41) is 9.56. The number of rotatable bonds is 4. The number of para-hydroxylation sites is 2. The van der Waals surface area contributed by atoms with Crippen LogP contribution in [0.2, 0.25) is 0 Å². The molecule has 5 rings (SSSR count).